The Bertz CT molecular complexity index is 290. The van der Waals surface area contributed by atoms with Crippen molar-refractivity contribution in [1.82, 2.24) is 10.2 Å². The van der Waals surface area contributed by atoms with Crippen LogP contribution in [0.4, 0.5) is 0 Å². The third-order valence-corrected chi connectivity index (χ3v) is 4.06. The summed E-state index contributed by atoms with van der Waals surface area (Å²) in [6.45, 7) is 5.56. The Kier molecular flexibility index (Phi) is 4.59. The molecule has 0 aromatic carbocycles. The van der Waals surface area contributed by atoms with Crippen molar-refractivity contribution in [3.8, 4) is 0 Å². The van der Waals surface area contributed by atoms with Crippen molar-refractivity contribution in [2.24, 2.45) is 5.41 Å². The largest absolute Gasteiger partial charge is 0.394 e. The predicted octanol–water partition coefficient (Wildman–Crippen LogP) is -0.0141. The molecule has 104 valence electrons. The second-order valence-corrected chi connectivity index (χ2v) is 5.38. The van der Waals surface area contributed by atoms with Crippen molar-refractivity contribution >= 4 is 5.91 Å². The molecule has 0 spiro atoms. The Balaban J connectivity index is 2.04. The molecule has 2 unspecified atom stereocenters. The van der Waals surface area contributed by atoms with Gasteiger partial charge in [0.1, 0.15) is 0 Å². The van der Waals surface area contributed by atoms with Gasteiger partial charge in [-0.15, -0.1) is 0 Å². The van der Waals surface area contributed by atoms with Crippen LogP contribution in [-0.4, -0.2) is 61.4 Å². The van der Waals surface area contributed by atoms with E-state index in [-0.39, 0.29) is 24.0 Å². The number of rotatable bonds is 4. The van der Waals surface area contributed by atoms with Crippen LogP contribution in [0.3, 0.4) is 0 Å². The Morgan fingerprint density at radius 1 is 1.61 bits per heavy atom. The number of ether oxygens (including phenoxy) is 1. The van der Waals surface area contributed by atoms with Crippen molar-refractivity contribution < 1.29 is 14.6 Å². The second-order valence-electron chi connectivity index (χ2n) is 5.38. The number of carbonyl (C=O) groups is 1. The van der Waals surface area contributed by atoms with E-state index in [0.717, 1.165) is 32.4 Å². The van der Waals surface area contributed by atoms with Crippen LogP contribution in [0.5, 0.6) is 0 Å². The van der Waals surface area contributed by atoms with Crippen LogP contribution in [0.1, 0.15) is 26.2 Å². The minimum Gasteiger partial charge on any atom is -0.394 e. The van der Waals surface area contributed by atoms with E-state index in [0.29, 0.717) is 19.7 Å². The summed E-state index contributed by atoms with van der Waals surface area (Å²) in [6, 6.07) is 0. The van der Waals surface area contributed by atoms with E-state index in [1.807, 2.05) is 4.90 Å². The second kappa shape index (κ2) is 5.99. The maximum atomic E-state index is 12.7. The molecular weight excluding hydrogens is 232 g/mol. The fourth-order valence-corrected chi connectivity index (χ4v) is 3.07. The first-order valence-corrected chi connectivity index (χ1v) is 6.94. The zero-order chi connectivity index (χ0) is 13.0. The van der Waals surface area contributed by atoms with E-state index in [1.165, 1.54) is 0 Å². The summed E-state index contributed by atoms with van der Waals surface area (Å²) in [5.41, 5.74) is -0.216. The summed E-state index contributed by atoms with van der Waals surface area (Å²) in [6.07, 6.45) is 2.69. The number of carbonyl (C=O) groups excluding carboxylic acids is 1. The first kappa shape index (κ1) is 13.8. The lowest BCUT2D eigenvalue weighted by atomic mass is 9.81. The van der Waals surface area contributed by atoms with Gasteiger partial charge < -0.3 is 20.1 Å². The number of hydrogen-bond donors (Lipinski definition) is 2. The molecule has 2 N–H and O–H groups in total. The lowest BCUT2D eigenvalue weighted by molar-refractivity contribution is -0.150. The van der Waals surface area contributed by atoms with Crippen molar-refractivity contribution in [2.45, 2.75) is 32.3 Å². The van der Waals surface area contributed by atoms with Gasteiger partial charge in [0, 0.05) is 19.6 Å². The van der Waals surface area contributed by atoms with Gasteiger partial charge in [-0.05, 0) is 19.4 Å². The van der Waals surface area contributed by atoms with Crippen LogP contribution in [0.15, 0.2) is 0 Å². The Hall–Kier alpha value is -0.650. The van der Waals surface area contributed by atoms with Gasteiger partial charge in [-0.25, -0.2) is 0 Å². The van der Waals surface area contributed by atoms with Gasteiger partial charge in [0.2, 0.25) is 5.91 Å². The Labute approximate surface area is 108 Å². The maximum absolute atomic E-state index is 12.7. The third-order valence-electron chi connectivity index (χ3n) is 4.06. The summed E-state index contributed by atoms with van der Waals surface area (Å²) < 4.78 is 5.40. The maximum Gasteiger partial charge on any atom is 0.230 e. The molecule has 0 saturated carbocycles. The van der Waals surface area contributed by atoms with Gasteiger partial charge in [-0.1, -0.05) is 13.3 Å². The van der Waals surface area contributed by atoms with Gasteiger partial charge in [0.05, 0.1) is 24.7 Å². The molecule has 0 aliphatic carbocycles. The molecule has 0 aromatic rings. The summed E-state index contributed by atoms with van der Waals surface area (Å²) in [5.74, 6) is 0.246. The lowest BCUT2D eigenvalue weighted by Crippen LogP contribution is -2.52. The van der Waals surface area contributed by atoms with E-state index >= 15 is 0 Å². The lowest BCUT2D eigenvalue weighted by Gasteiger charge is -2.38. The van der Waals surface area contributed by atoms with E-state index in [2.05, 4.69) is 12.2 Å². The van der Waals surface area contributed by atoms with Gasteiger partial charge in [0.25, 0.3) is 0 Å². The summed E-state index contributed by atoms with van der Waals surface area (Å²) in [5, 5.41) is 12.5. The van der Waals surface area contributed by atoms with Crippen LogP contribution >= 0.6 is 0 Å². The number of nitrogens with one attached hydrogen (secondary N) is 1. The molecule has 1 amide bonds. The molecule has 5 heteroatoms. The highest BCUT2D eigenvalue weighted by molar-refractivity contribution is 5.83. The number of nitrogens with zero attached hydrogens (tertiary/aromatic N) is 1. The minimum atomic E-state index is -0.216. The van der Waals surface area contributed by atoms with E-state index < -0.39 is 0 Å². The number of aliphatic hydroxyl groups excluding tert-OH is 1. The zero-order valence-corrected chi connectivity index (χ0v) is 11.2. The van der Waals surface area contributed by atoms with Gasteiger partial charge in [0.15, 0.2) is 0 Å². The Morgan fingerprint density at radius 3 is 3.06 bits per heavy atom. The molecule has 2 heterocycles. The van der Waals surface area contributed by atoms with Crippen LogP contribution in [-0.2, 0) is 9.53 Å². The fraction of sp³-hybridized carbons (Fsp3) is 0.923. The third kappa shape index (κ3) is 2.68. The molecule has 0 bridgehead atoms. The van der Waals surface area contributed by atoms with Crippen molar-refractivity contribution in [1.29, 1.82) is 0 Å². The molecule has 2 saturated heterocycles. The minimum absolute atomic E-state index is 0.0111. The molecule has 0 radical (unpaired) electrons. The summed E-state index contributed by atoms with van der Waals surface area (Å²) in [7, 11) is 0. The highest BCUT2D eigenvalue weighted by Gasteiger charge is 2.43. The smallest absolute Gasteiger partial charge is 0.230 e. The number of hydrogen-bond acceptors (Lipinski definition) is 4. The molecule has 2 aliphatic heterocycles. The highest BCUT2D eigenvalue weighted by Crippen LogP contribution is 2.33. The van der Waals surface area contributed by atoms with Gasteiger partial charge in [-0.2, -0.15) is 0 Å². The SMILES string of the molecule is CCCC1(C(=O)N2CCOC(CO)C2)CCNC1. The van der Waals surface area contributed by atoms with Gasteiger partial charge in [-0.3, -0.25) is 4.79 Å². The standard InChI is InChI=1S/C13H24N2O3/c1-2-3-13(4-5-14-10-13)12(17)15-6-7-18-11(8-15)9-16/h11,14,16H,2-10H2,1H3. The molecule has 2 fully saturated rings. The zero-order valence-electron chi connectivity index (χ0n) is 11.2. The molecule has 5 nitrogen and oxygen atoms in total. The first-order valence-electron chi connectivity index (χ1n) is 6.94. The number of morpholine rings is 1. The van der Waals surface area contributed by atoms with E-state index in [4.69, 9.17) is 9.84 Å². The molecule has 2 atom stereocenters. The average Bonchev–Trinajstić information content (AvgIpc) is 2.88. The monoisotopic (exact) mass is 256 g/mol. The molecule has 2 rings (SSSR count). The topological polar surface area (TPSA) is 61.8 Å². The van der Waals surface area contributed by atoms with Crippen LogP contribution in [0, 0.1) is 5.41 Å². The highest BCUT2D eigenvalue weighted by atomic mass is 16.5. The van der Waals surface area contributed by atoms with E-state index in [1.54, 1.807) is 0 Å². The van der Waals surface area contributed by atoms with Crippen LogP contribution < -0.4 is 5.32 Å². The quantitative estimate of drug-likeness (QED) is 0.742. The molecular formula is C13H24N2O3. The fourth-order valence-electron chi connectivity index (χ4n) is 3.07. The average molecular weight is 256 g/mol. The normalized spacial score (nSPS) is 32.8. The molecule has 18 heavy (non-hydrogen) atoms. The van der Waals surface area contributed by atoms with Crippen molar-refractivity contribution in [2.75, 3.05) is 39.4 Å². The predicted molar refractivity (Wildman–Crippen MR) is 68.2 cm³/mol. The molecule has 2 aliphatic rings. The number of amides is 1. The first-order chi connectivity index (χ1) is 8.72. The van der Waals surface area contributed by atoms with Crippen molar-refractivity contribution in [3.63, 3.8) is 0 Å². The van der Waals surface area contributed by atoms with E-state index in [9.17, 15) is 4.79 Å². The van der Waals surface area contributed by atoms with Crippen molar-refractivity contribution in [3.05, 3.63) is 0 Å². The Morgan fingerprint density at radius 2 is 2.44 bits per heavy atom. The molecule has 0 aromatic heterocycles. The van der Waals surface area contributed by atoms with Gasteiger partial charge >= 0.3 is 0 Å². The van der Waals surface area contributed by atoms with Crippen LogP contribution in [0.25, 0.3) is 0 Å². The van der Waals surface area contributed by atoms with Crippen LogP contribution in [0.2, 0.25) is 0 Å². The summed E-state index contributed by atoms with van der Waals surface area (Å²) in [4.78, 5) is 14.6. The number of aliphatic hydroxyl groups is 1. The summed E-state index contributed by atoms with van der Waals surface area (Å²) >= 11 is 0.